The predicted molar refractivity (Wildman–Crippen MR) is 121 cm³/mol. The highest BCUT2D eigenvalue weighted by Gasteiger charge is 2.38. The number of ether oxygens (including phenoxy) is 2. The van der Waals surface area contributed by atoms with Gasteiger partial charge in [-0.1, -0.05) is 12.8 Å². The van der Waals surface area contributed by atoms with Crippen LogP contribution in [0.5, 0.6) is 11.5 Å². The predicted octanol–water partition coefficient (Wildman–Crippen LogP) is 2.56. The number of nitrogens with one attached hydrogen (secondary N) is 1. The van der Waals surface area contributed by atoms with Crippen LogP contribution in [-0.2, 0) is 9.59 Å². The van der Waals surface area contributed by atoms with Crippen molar-refractivity contribution in [3.8, 4) is 11.5 Å². The van der Waals surface area contributed by atoms with E-state index in [0.717, 1.165) is 64.5 Å². The molecule has 1 atom stereocenters. The number of rotatable bonds is 5. The molecule has 1 aromatic carbocycles. The summed E-state index contributed by atoms with van der Waals surface area (Å²) in [6.07, 6.45) is 7.75. The van der Waals surface area contributed by atoms with Crippen molar-refractivity contribution in [2.24, 2.45) is 11.8 Å². The van der Waals surface area contributed by atoms with E-state index in [-0.39, 0.29) is 36.4 Å². The SMILES string of the molecule is O=C(NC(C(=O)N1CCCC1)C1CCN(C(=O)C2CCCC2)CC1)c1ccc2c(c1)OCO2. The first kappa shape index (κ1) is 22.0. The van der Waals surface area contributed by atoms with Crippen molar-refractivity contribution in [3.05, 3.63) is 23.8 Å². The van der Waals surface area contributed by atoms with Gasteiger partial charge in [0.05, 0.1) is 0 Å². The Morgan fingerprint density at radius 2 is 1.55 bits per heavy atom. The third-order valence-electron chi connectivity index (χ3n) is 7.63. The molecule has 1 saturated carbocycles. The number of hydrogen-bond acceptors (Lipinski definition) is 5. The van der Waals surface area contributed by atoms with Crippen molar-refractivity contribution < 1.29 is 23.9 Å². The van der Waals surface area contributed by atoms with Gasteiger partial charge in [-0.05, 0) is 62.6 Å². The second kappa shape index (κ2) is 9.61. The van der Waals surface area contributed by atoms with Crippen LogP contribution in [0, 0.1) is 11.8 Å². The molecule has 3 fully saturated rings. The maximum absolute atomic E-state index is 13.4. The van der Waals surface area contributed by atoms with E-state index in [4.69, 9.17) is 9.47 Å². The third kappa shape index (κ3) is 4.66. The Morgan fingerprint density at radius 1 is 0.848 bits per heavy atom. The zero-order chi connectivity index (χ0) is 22.8. The Hall–Kier alpha value is -2.77. The van der Waals surface area contributed by atoms with Gasteiger partial charge in [0.25, 0.3) is 5.91 Å². The quantitative estimate of drug-likeness (QED) is 0.737. The average molecular weight is 456 g/mol. The lowest BCUT2D eigenvalue weighted by Gasteiger charge is -2.38. The van der Waals surface area contributed by atoms with E-state index in [1.54, 1.807) is 18.2 Å². The monoisotopic (exact) mass is 455 g/mol. The molecular weight excluding hydrogens is 422 g/mol. The molecule has 0 bridgehead atoms. The molecule has 3 amide bonds. The molecule has 33 heavy (non-hydrogen) atoms. The summed E-state index contributed by atoms with van der Waals surface area (Å²) in [6, 6.07) is 4.51. The number of nitrogens with zero attached hydrogens (tertiary/aromatic N) is 2. The van der Waals surface area contributed by atoms with E-state index >= 15 is 0 Å². The number of carbonyl (C=O) groups excluding carboxylic acids is 3. The van der Waals surface area contributed by atoms with Crippen LogP contribution in [0.2, 0.25) is 0 Å². The van der Waals surface area contributed by atoms with E-state index in [9.17, 15) is 14.4 Å². The Labute approximate surface area is 194 Å². The number of hydrogen-bond donors (Lipinski definition) is 1. The molecule has 0 aromatic heterocycles. The van der Waals surface area contributed by atoms with Crippen molar-refractivity contribution in [2.45, 2.75) is 57.4 Å². The number of likely N-dealkylation sites (tertiary alicyclic amines) is 2. The average Bonchev–Trinajstić information content (AvgIpc) is 3.63. The minimum atomic E-state index is -0.579. The number of carbonyl (C=O) groups is 3. The van der Waals surface area contributed by atoms with Crippen molar-refractivity contribution in [1.29, 1.82) is 0 Å². The van der Waals surface area contributed by atoms with Crippen molar-refractivity contribution in [2.75, 3.05) is 33.0 Å². The highest BCUT2D eigenvalue weighted by atomic mass is 16.7. The lowest BCUT2D eigenvalue weighted by atomic mass is 9.87. The summed E-state index contributed by atoms with van der Waals surface area (Å²) < 4.78 is 10.7. The Morgan fingerprint density at radius 3 is 2.27 bits per heavy atom. The van der Waals surface area contributed by atoms with Gasteiger partial charge in [-0.25, -0.2) is 0 Å². The smallest absolute Gasteiger partial charge is 0.252 e. The van der Waals surface area contributed by atoms with Gasteiger partial charge in [-0.2, -0.15) is 0 Å². The number of benzene rings is 1. The summed E-state index contributed by atoms with van der Waals surface area (Å²) in [7, 11) is 0. The van der Waals surface area contributed by atoms with E-state index < -0.39 is 6.04 Å². The topological polar surface area (TPSA) is 88.2 Å². The molecule has 1 aromatic rings. The van der Waals surface area contributed by atoms with Gasteiger partial charge in [0.1, 0.15) is 6.04 Å². The molecule has 3 aliphatic heterocycles. The molecule has 8 nitrogen and oxygen atoms in total. The minimum Gasteiger partial charge on any atom is -0.454 e. The van der Waals surface area contributed by atoms with Gasteiger partial charge in [0.2, 0.25) is 18.6 Å². The molecule has 8 heteroatoms. The lowest BCUT2D eigenvalue weighted by molar-refractivity contribution is -0.138. The zero-order valence-corrected chi connectivity index (χ0v) is 19.1. The van der Waals surface area contributed by atoms with Crippen LogP contribution in [0.3, 0.4) is 0 Å². The van der Waals surface area contributed by atoms with E-state index in [0.29, 0.717) is 30.2 Å². The minimum absolute atomic E-state index is 0.00200. The van der Waals surface area contributed by atoms with Gasteiger partial charge >= 0.3 is 0 Å². The molecule has 0 radical (unpaired) electrons. The fourth-order valence-electron chi connectivity index (χ4n) is 5.66. The molecule has 1 N–H and O–H groups in total. The van der Waals surface area contributed by atoms with Crippen molar-refractivity contribution in [3.63, 3.8) is 0 Å². The number of fused-ring (bicyclic) bond motifs is 1. The Balaban J connectivity index is 1.27. The summed E-state index contributed by atoms with van der Waals surface area (Å²) in [6.45, 7) is 2.95. The first-order chi connectivity index (χ1) is 16.1. The summed E-state index contributed by atoms with van der Waals surface area (Å²) in [4.78, 5) is 43.2. The van der Waals surface area contributed by atoms with Crippen molar-refractivity contribution in [1.82, 2.24) is 15.1 Å². The highest BCUT2D eigenvalue weighted by molar-refractivity contribution is 5.98. The van der Waals surface area contributed by atoms with E-state index in [1.807, 2.05) is 9.80 Å². The van der Waals surface area contributed by atoms with Crippen LogP contribution in [0.4, 0.5) is 0 Å². The van der Waals surface area contributed by atoms with Gasteiger partial charge in [0.15, 0.2) is 11.5 Å². The van der Waals surface area contributed by atoms with Gasteiger partial charge in [-0.3, -0.25) is 14.4 Å². The molecule has 2 saturated heterocycles. The summed E-state index contributed by atoms with van der Waals surface area (Å²) >= 11 is 0. The second-order valence-electron chi connectivity index (χ2n) is 9.70. The van der Waals surface area contributed by atoms with Crippen LogP contribution >= 0.6 is 0 Å². The van der Waals surface area contributed by atoms with Gasteiger partial charge in [0, 0.05) is 37.7 Å². The first-order valence-corrected chi connectivity index (χ1v) is 12.4. The molecule has 0 spiro atoms. The third-order valence-corrected chi connectivity index (χ3v) is 7.63. The standard InChI is InChI=1S/C25H33N3O5/c29-23(19-7-8-20-21(15-19)33-16-32-20)26-22(25(31)27-11-3-4-12-27)17-9-13-28(14-10-17)24(30)18-5-1-2-6-18/h7-8,15,17-18,22H,1-6,9-14,16H2,(H,26,29). The molecular formula is C25H33N3O5. The van der Waals surface area contributed by atoms with Crippen molar-refractivity contribution >= 4 is 17.7 Å². The van der Waals surface area contributed by atoms with E-state index in [1.165, 1.54) is 0 Å². The summed E-state index contributed by atoms with van der Waals surface area (Å²) in [5, 5.41) is 3.04. The fourth-order valence-corrected chi connectivity index (χ4v) is 5.66. The second-order valence-corrected chi connectivity index (χ2v) is 9.70. The van der Waals surface area contributed by atoms with Crippen LogP contribution in [-0.4, -0.2) is 66.5 Å². The molecule has 5 rings (SSSR count). The molecule has 1 aliphatic carbocycles. The van der Waals surface area contributed by atoms with Crippen LogP contribution < -0.4 is 14.8 Å². The lowest BCUT2D eigenvalue weighted by Crippen LogP contribution is -2.54. The molecule has 3 heterocycles. The molecule has 4 aliphatic rings. The highest BCUT2D eigenvalue weighted by Crippen LogP contribution is 2.33. The summed E-state index contributed by atoms with van der Waals surface area (Å²) in [5.74, 6) is 1.35. The van der Waals surface area contributed by atoms with Gasteiger partial charge in [-0.15, -0.1) is 0 Å². The van der Waals surface area contributed by atoms with E-state index in [2.05, 4.69) is 5.32 Å². The fraction of sp³-hybridized carbons (Fsp3) is 0.640. The Kier molecular flexibility index (Phi) is 6.42. The maximum Gasteiger partial charge on any atom is 0.252 e. The Bertz CT molecular complexity index is 899. The largest absolute Gasteiger partial charge is 0.454 e. The molecule has 1 unspecified atom stereocenters. The van der Waals surface area contributed by atoms with Crippen LogP contribution in [0.1, 0.15) is 61.7 Å². The molecule has 178 valence electrons. The normalized spacial score (nSPS) is 21.9. The maximum atomic E-state index is 13.4. The number of amides is 3. The summed E-state index contributed by atoms with van der Waals surface area (Å²) in [5.41, 5.74) is 0.451. The van der Waals surface area contributed by atoms with Gasteiger partial charge < -0.3 is 24.6 Å². The van der Waals surface area contributed by atoms with Crippen LogP contribution in [0.15, 0.2) is 18.2 Å². The first-order valence-electron chi connectivity index (χ1n) is 12.4. The number of piperidine rings is 1. The zero-order valence-electron chi connectivity index (χ0n) is 19.1. The van der Waals surface area contributed by atoms with Crippen LogP contribution in [0.25, 0.3) is 0 Å².